The van der Waals surface area contributed by atoms with Crippen LogP contribution in [-0.2, 0) is 0 Å². The fourth-order valence-corrected chi connectivity index (χ4v) is 2.93. The summed E-state index contributed by atoms with van der Waals surface area (Å²) in [6, 6.07) is 3.71. The van der Waals surface area contributed by atoms with Gasteiger partial charge < -0.3 is 4.90 Å². The lowest BCUT2D eigenvalue weighted by Gasteiger charge is -2.29. The second-order valence-electron chi connectivity index (χ2n) is 6.37. The third-order valence-corrected chi connectivity index (χ3v) is 4.29. The first kappa shape index (κ1) is 17.1. The molecule has 2 rings (SSSR count). The molecule has 1 aromatic rings. The minimum atomic E-state index is 0.439. The first-order chi connectivity index (χ1) is 10.5. The van der Waals surface area contributed by atoms with Crippen molar-refractivity contribution >= 4 is 17.4 Å². The summed E-state index contributed by atoms with van der Waals surface area (Å²) >= 11 is 5.78. The molecular formula is C17H25ClN4. The van der Waals surface area contributed by atoms with Gasteiger partial charge in [-0.25, -0.2) is 0 Å². The predicted molar refractivity (Wildman–Crippen MR) is 92.1 cm³/mol. The van der Waals surface area contributed by atoms with E-state index >= 15 is 0 Å². The van der Waals surface area contributed by atoms with Gasteiger partial charge in [-0.3, -0.25) is 4.90 Å². The van der Waals surface area contributed by atoms with Gasteiger partial charge in [-0.05, 0) is 57.8 Å². The largest absolute Gasteiger partial charge is 0.358 e. The number of nitrogens with zero attached hydrogens (tertiary/aromatic N) is 4. The lowest BCUT2D eigenvalue weighted by molar-refractivity contribution is 0.319. The Balaban J connectivity index is 1.77. The van der Waals surface area contributed by atoms with Crippen molar-refractivity contribution in [2.45, 2.75) is 25.7 Å². The predicted octanol–water partition coefficient (Wildman–Crippen LogP) is 2.94. The molecule has 1 saturated carbocycles. The summed E-state index contributed by atoms with van der Waals surface area (Å²) in [7, 11) is 6.18. The minimum absolute atomic E-state index is 0.439. The summed E-state index contributed by atoms with van der Waals surface area (Å²) in [6.07, 6.45) is 4.91. The van der Waals surface area contributed by atoms with Crippen molar-refractivity contribution < 1.29 is 0 Å². The van der Waals surface area contributed by atoms with Crippen LogP contribution in [0.5, 0.6) is 0 Å². The molecule has 0 saturated heterocycles. The Morgan fingerprint density at radius 2 is 1.86 bits per heavy atom. The molecule has 5 heteroatoms. The fourth-order valence-electron chi connectivity index (χ4n) is 2.83. The molecule has 1 fully saturated rings. The maximum Gasteiger partial charge on any atom is 0.151 e. The normalized spacial score (nSPS) is 21.3. The van der Waals surface area contributed by atoms with Crippen LogP contribution in [0.15, 0.2) is 12.1 Å². The number of rotatable bonds is 4. The molecule has 0 N–H and O–H groups in total. The van der Waals surface area contributed by atoms with E-state index in [1.807, 2.05) is 6.07 Å². The third kappa shape index (κ3) is 5.47. The van der Waals surface area contributed by atoms with Gasteiger partial charge in [0.05, 0.1) is 6.54 Å². The molecule has 22 heavy (non-hydrogen) atoms. The standard InChI is InChI=1S/C17H25ClN4/c1-21(2)12-4-5-14-6-8-15(9-7-14)13-22(3)17-11-10-16(18)19-20-17/h10-11,14-15H,6-9,12-13H2,1-3H3/t14-,15-. The summed E-state index contributed by atoms with van der Waals surface area (Å²) in [4.78, 5) is 4.28. The molecule has 1 aromatic heterocycles. The Morgan fingerprint density at radius 3 is 2.45 bits per heavy atom. The highest BCUT2D eigenvalue weighted by molar-refractivity contribution is 6.29. The van der Waals surface area contributed by atoms with Gasteiger partial charge in [0.1, 0.15) is 0 Å². The van der Waals surface area contributed by atoms with Crippen molar-refractivity contribution in [3.8, 4) is 11.8 Å². The highest BCUT2D eigenvalue weighted by Crippen LogP contribution is 2.29. The molecule has 1 heterocycles. The smallest absolute Gasteiger partial charge is 0.151 e. The molecule has 0 unspecified atom stereocenters. The zero-order chi connectivity index (χ0) is 15.9. The van der Waals surface area contributed by atoms with Crippen LogP contribution in [-0.4, -0.2) is 49.3 Å². The van der Waals surface area contributed by atoms with E-state index in [4.69, 9.17) is 11.6 Å². The van der Waals surface area contributed by atoms with Gasteiger partial charge in [-0.1, -0.05) is 23.4 Å². The summed E-state index contributed by atoms with van der Waals surface area (Å²) in [6.45, 7) is 1.88. The van der Waals surface area contributed by atoms with E-state index in [2.05, 4.69) is 53.0 Å². The summed E-state index contributed by atoms with van der Waals surface area (Å²) < 4.78 is 0. The molecule has 120 valence electrons. The quantitative estimate of drug-likeness (QED) is 0.798. The molecule has 0 aromatic carbocycles. The van der Waals surface area contributed by atoms with Crippen LogP contribution in [0.25, 0.3) is 0 Å². The number of anilines is 1. The van der Waals surface area contributed by atoms with Crippen LogP contribution < -0.4 is 4.90 Å². The monoisotopic (exact) mass is 320 g/mol. The highest BCUT2D eigenvalue weighted by atomic mass is 35.5. The van der Waals surface area contributed by atoms with Crippen molar-refractivity contribution in [2.24, 2.45) is 11.8 Å². The molecule has 1 aliphatic rings. The van der Waals surface area contributed by atoms with E-state index in [0.717, 1.165) is 24.8 Å². The highest BCUT2D eigenvalue weighted by Gasteiger charge is 2.21. The van der Waals surface area contributed by atoms with E-state index in [-0.39, 0.29) is 0 Å². The van der Waals surface area contributed by atoms with Crippen LogP contribution in [0.1, 0.15) is 25.7 Å². The Bertz CT molecular complexity index is 510. The van der Waals surface area contributed by atoms with E-state index in [1.165, 1.54) is 25.7 Å². The lowest BCUT2D eigenvalue weighted by Crippen LogP contribution is -2.29. The summed E-state index contributed by atoms with van der Waals surface area (Å²) in [5.41, 5.74) is 0. The summed E-state index contributed by atoms with van der Waals surface area (Å²) in [5.74, 6) is 8.88. The van der Waals surface area contributed by atoms with E-state index in [9.17, 15) is 0 Å². The average Bonchev–Trinajstić information content (AvgIpc) is 2.49. The van der Waals surface area contributed by atoms with Crippen molar-refractivity contribution in [1.29, 1.82) is 0 Å². The molecule has 1 aliphatic carbocycles. The molecule has 4 nitrogen and oxygen atoms in total. The van der Waals surface area contributed by atoms with Crippen LogP contribution in [0.4, 0.5) is 5.82 Å². The summed E-state index contributed by atoms with van der Waals surface area (Å²) in [5, 5.41) is 8.48. The zero-order valence-corrected chi connectivity index (χ0v) is 14.5. The second-order valence-corrected chi connectivity index (χ2v) is 6.76. The molecule has 0 bridgehead atoms. The maximum atomic E-state index is 5.78. The van der Waals surface area contributed by atoms with Crippen LogP contribution in [0, 0.1) is 23.7 Å². The van der Waals surface area contributed by atoms with Gasteiger partial charge >= 0.3 is 0 Å². The number of halogens is 1. The van der Waals surface area contributed by atoms with Crippen molar-refractivity contribution in [1.82, 2.24) is 15.1 Å². The second kappa shape index (κ2) is 8.36. The third-order valence-electron chi connectivity index (χ3n) is 4.09. The molecule has 0 atom stereocenters. The van der Waals surface area contributed by atoms with Crippen LogP contribution in [0.3, 0.4) is 0 Å². The van der Waals surface area contributed by atoms with E-state index in [0.29, 0.717) is 11.1 Å². The van der Waals surface area contributed by atoms with Gasteiger partial charge in [0.2, 0.25) is 0 Å². The number of hydrogen-bond donors (Lipinski definition) is 0. The molecule has 0 radical (unpaired) electrons. The average molecular weight is 321 g/mol. The van der Waals surface area contributed by atoms with Gasteiger partial charge in [0, 0.05) is 19.5 Å². The van der Waals surface area contributed by atoms with E-state index in [1.54, 1.807) is 6.07 Å². The molecule has 0 aliphatic heterocycles. The Morgan fingerprint density at radius 1 is 1.14 bits per heavy atom. The topological polar surface area (TPSA) is 32.3 Å². The Kier molecular flexibility index (Phi) is 6.48. The number of aromatic nitrogens is 2. The lowest BCUT2D eigenvalue weighted by atomic mass is 9.82. The first-order valence-corrected chi connectivity index (χ1v) is 8.26. The molecule has 0 spiro atoms. The van der Waals surface area contributed by atoms with Gasteiger partial charge in [0.15, 0.2) is 11.0 Å². The van der Waals surface area contributed by atoms with Gasteiger partial charge in [0.25, 0.3) is 0 Å². The zero-order valence-electron chi connectivity index (χ0n) is 13.7. The van der Waals surface area contributed by atoms with E-state index < -0.39 is 0 Å². The van der Waals surface area contributed by atoms with Crippen molar-refractivity contribution in [3.63, 3.8) is 0 Å². The molecular weight excluding hydrogens is 296 g/mol. The molecule has 0 amide bonds. The van der Waals surface area contributed by atoms with Crippen molar-refractivity contribution in [3.05, 3.63) is 17.3 Å². The minimum Gasteiger partial charge on any atom is -0.358 e. The fraction of sp³-hybridized carbons (Fsp3) is 0.647. The number of hydrogen-bond acceptors (Lipinski definition) is 4. The van der Waals surface area contributed by atoms with Crippen LogP contribution in [0.2, 0.25) is 5.15 Å². The van der Waals surface area contributed by atoms with Gasteiger partial charge in [-0.2, -0.15) is 0 Å². The maximum absolute atomic E-state index is 5.78. The first-order valence-electron chi connectivity index (χ1n) is 7.88. The SMILES string of the molecule is CN(C)CC#C[C@H]1CC[C@H](CN(C)c2ccc(Cl)nn2)CC1. The Hall–Kier alpha value is -1.31. The van der Waals surface area contributed by atoms with Crippen molar-refractivity contribution in [2.75, 3.05) is 39.1 Å². The van der Waals surface area contributed by atoms with Crippen LogP contribution >= 0.6 is 11.6 Å². The van der Waals surface area contributed by atoms with Gasteiger partial charge in [-0.15, -0.1) is 10.2 Å². The Labute approximate surface area is 138 Å².